The second kappa shape index (κ2) is 11.0. The zero-order valence-corrected chi connectivity index (χ0v) is 20.9. The molecular weight excluding hydrogens is 480 g/mol. The molecule has 2 aromatic carbocycles. The number of carbonyl (C=O) groups excluding carboxylic acids is 2. The van der Waals surface area contributed by atoms with Crippen molar-refractivity contribution in [2.24, 2.45) is 5.92 Å². The minimum atomic E-state index is -0.611. The Balaban J connectivity index is 1.68. The molecule has 0 spiro atoms. The summed E-state index contributed by atoms with van der Waals surface area (Å²) in [6.07, 6.45) is 0.960. The van der Waals surface area contributed by atoms with Crippen LogP contribution in [0.5, 0.6) is 5.88 Å². The molecule has 0 saturated heterocycles. The first kappa shape index (κ1) is 26.2. The van der Waals surface area contributed by atoms with Gasteiger partial charge in [-0.25, -0.2) is 13.8 Å². The minimum absolute atomic E-state index is 0.0448. The molecule has 1 aliphatic heterocycles. The highest BCUT2D eigenvalue weighted by Crippen LogP contribution is 2.30. The SMILES string of the molecule is C[C@H]1CN([C@@H](C)CO)C(=O)c2cc(-c3ccc(F)cc3)cnc2O[C@@H]1CN(C)C(=O)c1ccccc1F. The molecular formula is C28H29F2N3O4. The molecule has 0 radical (unpaired) electrons. The fraction of sp³-hybridized carbons (Fsp3) is 0.321. The van der Waals surface area contributed by atoms with Gasteiger partial charge in [0.15, 0.2) is 0 Å². The van der Waals surface area contributed by atoms with E-state index in [2.05, 4.69) is 4.98 Å². The molecule has 0 saturated carbocycles. The zero-order valence-electron chi connectivity index (χ0n) is 20.9. The van der Waals surface area contributed by atoms with Crippen LogP contribution >= 0.6 is 0 Å². The molecule has 0 bridgehead atoms. The van der Waals surface area contributed by atoms with E-state index in [4.69, 9.17) is 4.74 Å². The molecule has 3 atom stereocenters. The number of hydrogen-bond acceptors (Lipinski definition) is 5. The standard InChI is InChI=1S/C28H29F2N3O4/c1-17-14-33(18(2)16-34)28(36)23-12-20(19-8-10-21(29)11-9-19)13-31-26(23)37-25(17)15-32(3)27(35)22-6-4-5-7-24(22)30/h4-13,17-18,25,34H,14-16H2,1-3H3/t17-,18-,25+/m0/s1. The van der Waals surface area contributed by atoms with Gasteiger partial charge in [0.1, 0.15) is 23.3 Å². The Labute approximate surface area is 214 Å². The van der Waals surface area contributed by atoms with Gasteiger partial charge in [0.25, 0.3) is 11.8 Å². The number of hydrogen-bond donors (Lipinski definition) is 1. The maximum Gasteiger partial charge on any atom is 0.259 e. The quantitative estimate of drug-likeness (QED) is 0.543. The number of benzene rings is 2. The number of nitrogens with zero attached hydrogens (tertiary/aromatic N) is 3. The van der Waals surface area contributed by atoms with Gasteiger partial charge in [-0.3, -0.25) is 9.59 Å². The van der Waals surface area contributed by atoms with Crippen molar-refractivity contribution >= 4 is 11.8 Å². The van der Waals surface area contributed by atoms with E-state index in [-0.39, 0.29) is 54.3 Å². The summed E-state index contributed by atoms with van der Waals surface area (Å²) >= 11 is 0. The molecule has 0 aliphatic carbocycles. The van der Waals surface area contributed by atoms with Crippen molar-refractivity contribution in [1.29, 1.82) is 0 Å². The molecule has 7 nitrogen and oxygen atoms in total. The number of aliphatic hydroxyl groups is 1. The minimum Gasteiger partial charge on any atom is -0.472 e. The summed E-state index contributed by atoms with van der Waals surface area (Å²) in [5, 5.41) is 9.83. The van der Waals surface area contributed by atoms with E-state index >= 15 is 0 Å². The summed E-state index contributed by atoms with van der Waals surface area (Å²) < 4.78 is 33.8. The second-order valence-corrected chi connectivity index (χ2v) is 9.37. The van der Waals surface area contributed by atoms with Gasteiger partial charge in [-0.1, -0.05) is 31.2 Å². The average Bonchev–Trinajstić information content (AvgIpc) is 2.90. The summed E-state index contributed by atoms with van der Waals surface area (Å²) in [4.78, 5) is 33.9. The molecule has 3 aromatic rings. The first-order valence-corrected chi connectivity index (χ1v) is 12.0. The number of carbonyl (C=O) groups is 2. The lowest BCUT2D eigenvalue weighted by Gasteiger charge is -2.37. The van der Waals surface area contributed by atoms with E-state index in [0.717, 1.165) is 0 Å². The highest BCUT2D eigenvalue weighted by Gasteiger charge is 2.35. The zero-order chi connectivity index (χ0) is 26.7. The number of pyridine rings is 1. The second-order valence-electron chi connectivity index (χ2n) is 9.37. The van der Waals surface area contributed by atoms with Crippen LogP contribution in [0.25, 0.3) is 11.1 Å². The van der Waals surface area contributed by atoms with Gasteiger partial charge in [0.05, 0.1) is 24.8 Å². The monoisotopic (exact) mass is 509 g/mol. The third-order valence-electron chi connectivity index (χ3n) is 6.60. The number of rotatable bonds is 6. The van der Waals surface area contributed by atoms with E-state index in [1.807, 2.05) is 6.92 Å². The summed E-state index contributed by atoms with van der Waals surface area (Å²) in [7, 11) is 1.56. The topological polar surface area (TPSA) is 83.0 Å². The summed E-state index contributed by atoms with van der Waals surface area (Å²) in [6.45, 7) is 3.76. The normalized spacial score (nSPS) is 18.3. The van der Waals surface area contributed by atoms with Crippen LogP contribution in [0, 0.1) is 17.6 Å². The van der Waals surface area contributed by atoms with E-state index in [0.29, 0.717) is 11.1 Å². The predicted molar refractivity (Wildman–Crippen MR) is 134 cm³/mol. The maximum atomic E-state index is 14.2. The predicted octanol–water partition coefficient (Wildman–Crippen LogP) is 4.02. The van der Waals surface area contributed by atoms with Gasteiger partial charge >= 0.3 is 0 Å². The van der Waals surface area contributed by atoms with Crippen LogP contribution in [-0.4, -0.2) is 70.6 Å². The Morgan fingerprint density at radius 2 is 1.89 bits per heavy atom. The number of amides is 2. The first-order chi connectivity index (χ1) is 17.7. The van der Waals surface area contributed by atoms with Crippen molar-refractivity contribution in [2.45, 2.75) is 26.0 Å². The Morgan fingerprint density at radius 1 is 1.19 bits per heavy atom. The largest absolute Gasteiger partial charge is 0.472 e. The fourth-order valence-corrected chi connectivity index (χ4v) is 4.31. The molecule has 1 N–H and O–H groups in total. The molecule has 4 rings (SSSR count). The summed E-state index contributed by atoms with van der Waals surface area (Å²) in [5.41, 5.74) is 1.43. The third-order valence-corrected chi connectivity index (χ3v) is 6.60. The highest BCUT2D eigenvalue weighted by atomic mass is 19.1. The van der Waals surface area contributed by atoms with Gasteiger partial charge in [-0.2, -0.15) is 0 Å². The van der Waals surface area contributed by atoms with Crippen LogP contribution < -0.4 is 4.74 Å². The third kappa shape index (κ3) is 5.61. The summed E-state index contributed by atoms with van der Waals surface area (Å²) in [6, 6.07) is 12.8. The molecule has 194 valence electrons. The lowest BCUT2D eigenvalue weighted by Crippen LogP contribution is -2.50. The van der Waals surface area contributed by atoms with Crippen molar-refractivity contribution in [3.05, 3.63) is 83.6 Å². The van der Waals surface area contributed by atoms with Gasteiger partial charge < -0.3 is 19.6 Å². The van der Waals surface area contributed by atoms with Crippen LogP contribution in [0.3, 0.4) is 0 Å². The van der Waals surface area contributed by atoms with E-state index < -0.39 is 23.9 Å². The Bertz CT molecular complexity index is 1280. The van der Waals surface area contributed by atoms with Crippen molar-refractivity contribution in [2.75, 3.05) is 26.7 Å². The Hall–Kier alpha value is -3.85. The fourth-order valence-electron chi connectivity index (χ4n) is 4.31. The lowest BCUT2D eigenvalue weighted by atomic mass is 9.99. The van der Waals surface area contributed by atoms with Gasteiger partial charge in [-0.05, 0) is 42.8 Å². The molecule has 1 aromatic heterocycles. The molecule has 37 heavy (non-hydrogen) atoms. The molecule has 2 heterocycles. The number of ether oxygens (including phenoxy) is 1. The average molecular weight is 510 g/mol. The number of halogens is 2. The number of likely N-dealkylation sites (N-methyl/N-ethyl adjacent to an activating group) is 1. The van der Waals surface area contributed by atoms with E-state index in [1.165, 1.54) is 41.4 Å². The number of aromatic nitrogens is 1. The Morgan fingerprint density at radius 3 is 2.57 bits per heavy atom. The van der Waals surface area contributed by atoms with Crippen LogP contribution in [-0.2, 0) is 0 Å². The Kier molecular flexibility index (Phi) is 7.83. The molecule has 0 unspecified atom stereocenters. The lowest BCUT2D eigenvalue weighted by molar-refractivity contribution is 0.0312. The van der Waals surface area contributed by atoms with Crippen LogP contribution in [0.2, 0.25) is 0 Å². The molecule has 0 fully saturated rings. The van der Waals surface area contributed by atoms with Crippen molar-refractivity contribution in [1.82, 2.24) is 14.8 Å². The highest BCUT2D eigenvalue weighted by molar-refractivity contribution is 5.98. The maximum absolute atomic E-state index is 14.2. The summed E-state index contributed by atoms with van der Waals surface area (Å²) in [5.74, 6) is -1.99. The molecule has 1 aliphatic rings. The number of aliphatic hydroxyl groups excluding tert-OH is 1. The van der Waals surface area contributed by atoms with Gasteiger partial charge in [0.2, 0.25) is 5.88 Å². The molecule has 9 heteroatoms. The molecule has 2 amide bonds. The van der Waals surface area contributed by atoms with Crippen LogP contribution in [0.15, 0.2) is 60.8 Å². The van der Waals surface area contributed by atoms with E-state index in [9.17, 15) is 23.5 Å². The van der Waals surface area contributed by atoms with E-state index in [1.54, 1.807) is 43.1 Å². The van der Waals surface area contributed by atoms with Gasteiger partial charge in [-0.15, -0.1) is 0 Å². The van der Waals surface area contributed by atoms with Crippen molar-refractivity contribution in [3.63, 3.8) is 0 Å². The smallest absolute Gasteiger partial charge is 0.259 e. The van der Waals surface area contributed by atoms with Crippen molar-refractivity contribution < 1.29 is 28.2 Å². The first-order valence-electron chi connectivity index (χ1n) is 12.0. The number of fused-ring (bicyclic) bond motifs is 1. The van der Waals surface area contributed by atoms with Crippen LogP contribution in [0.1, 0.15) is 34.6 Å². The van der Waals surface area contributed by atoms with Gasteiger partial charge in [0, 0.05) is 31.3 Å². The van der Waals surface area contributed by atoms with Crippen LogP contribution in [0.4, 0.5) is 8.78 Å². The van der Waals surface area contributed by atoms with Crippen molar-refractivity contribution in [3.8, 4) is 17.0 Å².